The molecule has 23 heavy (non-hydrogen) atoms. The Balaban J connectivity index is 1.55. The first kappa shape index (κ1) is 14.7. The fourth-order valence-electron chi connectivity index (χ4n) is 1.82. The largest absolute Gasteiger partial charge is 0.482 e. The Labute approximate surface area is 130 Å². The summed E-state index contributed by atoms with van der Waals surface area (Å²) in [5.41, 5.74) is 0.707. The van der Waals surface area contributed by atoms with Gasteiger partial charge in [-0.3, -0.25) is 0 Å². The minimum Gasteiger partial charge on any atom is -0.482 e. The van der Waals surface area contributed by atoms with E-state index in [0.29, 0.717) is 17.2 Å². The van der Waals surface area contributed by atoms with Crippen LogP contribution in [0.5, 0.6) is 11.5 Å². The molecule has 3 aromatic rings. The first-order valence-corrected chi connectivity index (χ1v) is 6.66. The zero-order valence-corrected chi connectivity index (χ0v) is 11.8. The van der Waals surface area contributed by atoms with Gasteiger partial charge in [0.1, 0.15) is 17.3 Å². The topological polar surface area (TPSA) is 74.5 Å². The van der Waals surface area contributed by atoms with Crippen molar-refractivity contribution in [2.45, 2.75) is 0 Å². The monoisotopic (exact) mass is 314 g/mol. The smallest absolute Gasteiger partial charge is 0.349 e. The number of hydrogen-bond acceptors (Lipinski definition) is 6. The summed E-state index contributed by atoms with van der Waals surface area (Å²) in [6, 6.07) is 12.1. The number of carbonyl (C=O) groups is 1. The molecule has 0 N–H and O–H groups in total. The predicted octanol–water partition coefficient (Wildman–Crippen LogP) is 2.86. The molecule has 0 atom stereocenters. The molecule has 116 valence electrons. The SMILES string of the molecule is O=C(COc1cccc(F)c1)Oc1ccc(-c2nnco2)cc1. The Morgan fingerprint density at radius 3 is 2.65 bits per heavy atom. The zero-order chi connectivity index (χ0) is 16.1. The molecule has 7 heteroatoms. The summed E-state index contributed by atoms with van der Waals surface area (Å²) >= 11 is 0. The van der Waals surface area contributed by atoms with E-state index in [1.165, 1.54) is 24.6 Å². The number of halogens is 1. The van der Waals surface area contributed by atoms with Crippen LogP contribution < -0.4 is 9.47 Å². The van der Waals surface area contributed by atoms with Crippen LogP contribution >= 0.6 is 0 Å². The lowest BCUT2D eigenvalue weighted by Crippen LogP contribution is -2.17. The van der Waals surface area contributed by atoms with Gasteiger partial charge in [0.15, 0.2) is 6.61 Å². The van der Waals surface area contributed by atoms with E-state index in [-0.39, 0.29) is 12.4 Å². The number of aromatic nitrogens is 2. The average Bonchev–Trinajstić information content (AvgIpc) is 3.08. The Bertz CT molecular complexity index is 788. The average molecular weight is 314 g/mol. The first-order valence-electron chi connectivity index (χ1n) is 6.66. The summed E-state index contributed by atoms with van der Waals surface area (Å²) in [5.74, 6) is -0.0561. The summed E-state index contributed by atoms with van der Waals surface area (Å²) in [4.78, 5) is 11.7. The number of benzene rings is 2. The summed E-state index contributed by atoms with van der Waals surface area (Å²) in [6.07, 6.45) is 1.23. The minimum atomic E-state index is -0.597. The van der Waals surface area contributed by atoms with Crippen LogP contribution in [-0.2, 0) is 4.79 Å². The normalized spacial score (nSPS) is 10.3. The van der Waals surface area contributed by atoms with Gasteiger partial charge in [-0.25, -0.2) is 9.18 Å². The molecule has 0 amide bonds. The van der Waals surface area contributed by atoms with Gasteiger partial charge in [-0.05, 0) is 36.4 Å². The second-order valence-electron chi connectivity index (χ2n) is 4.49. The van der Waals surface area contributed by atoms with Crippen LogP contribution in [0.25, 0.3) is 11.5 Å². The van der Waals surface area contributed by atoms with Gasteiger partial charge in [0.25, 0.3) is 0 Å². The fourth-order valence-corrected chi connectivity index (χ4v) is 1.82. The van der Waals surface area contributed by atoms with Crippen LogP contribution in [0.2, 0.25) is 0 Å². The molecule has 0 saturated heterocycles. The summed E-state index contributed by atoms with van der Waals surface area (Å²) in [6.45, 7) is -0.325. The Kier molecular flexibility index (Phi) is 4.28. The highest BCUT2D eigenvalue weighted by atomic mass is 19.1. The van der Waals surface area contributed by atoms with Crippen molar-refractivity contribution in [3.63, 3.8) is 0 Å². The van der Waals surface area contributed by atoms with E-state index < -0.39 is 11.8 Å². The van der Waals surface area contributed by atoms with Crippen LogP contribution in [0, 0.1) is 5.82 Å². The third kappa shape index (κ3) is 3.91. The molecule has 0 aliphatic heterocycles. The summed E-state index contributed by atoms with van der Waals surface area (Å²) < 4.78 is 28.3. The number of ether oxygens (including phenoxy) is 2. The van der Waals surface area contributed by atoms with E-state index in [1.807, 2.05) is 0 Å². The van der Waals surface area contributed by atoms with E-state index in [0.717, 1.165) is 0 Å². The van der Waals surface area contributed by atoms with Crippen molar-refractivity contribution in [1.29, 1.82) is 0 Å². The molecule has 1 aromatic heterocycles. The second-order valence-corrected chi connectivity index (χ2v) is 4.49. The van der Waals surface area contributed by atoms with Gasteiger partial charge in [-0.2, -0.15) is 0 Å². The number of nitrogens with zero attached hydrogens (tertiary/aromatic N) is 2. The van der Waals surface area contributed by atoms with Crippen LogP contribution in [0.4, 0.5) is 4.39 Å². The molecular weight excluding hydrogens is 303 g/mol. The lowest BCUT2D eigenvalue weighted by Gasteiger charge is -2.07. The van der Waals surface area contributed by atoms with Crippen molar-refractivity contribution < 1.29 is 23.1 Å². The molecule has 1 heterocycles. The van der Waals surface area contributed by atoms with E-state index in [2.05, 4.69) is 10.2 Å². The molecule has 0 fully saturated rings. The maximum absolute atomic E-state index is 13.0. The van der Waals surface area contributed by atoms with Gasteiger partial charge in [-0.1, -0.05) is 6.07 Å². The Morgan fingerprint density at radius 1 is 1.13 bits per heavy atom. The van der Waals surface area contributed by atoms with Crippen molar-refractivity contribution in [1.82, 2.24) is 10.2 Å². The second kappa shape index (κ2) is 6.69. The molecule has 0 saturated carbocycles. The standard InChI is InChI=1S/C16H11FN2O4/c17-12-2-1-3-14(8-12)21-9-15(20)23-13-6-4-11(5-7-13)16-19-18-10-22-16/h1-8,10H,9H2. The molecule has 0 bridgehead atoms. The van der Waals surface area contributed by atoms with Gasteiger partial charge in [0.05, 0.1) is 0 Å². The highest BCUT2D eigenvalue weighted by Crippen LogP contribution is 2.20. The molecule has 0 radical (unpaired) electrons. The maximum Gasteiger partial charge on any atom is 0.349 e. The third-order valence-corrected chi connectivity index (χ3v) is 2.85. The van der Waals surface area contributed by atoms with Gasteiger partial charge in [0.2, 0.25) is 12.3 Å². The Morgan fingerprint density at radius 2 is 1.96 bits per heavy atom. The molecule has 0 aliphatic carbocycles. The maximum atomic E-state index is 13.0. The van der Waals surface area contributed by atoms with Gasteiger partial charge < -0.3 is 13.9 Å². The quantitative estimate of drug-likeness (QED) is 0.532. The molecule has 3 rings (SSSR count). The van der Waals surface area contributed by atoms with Crippen molar-refractivity contribution in [3.05, 3.63) is 60.7 Å². The van der Waals surface area contributed by atoms with Crippen molar-refractivity contribution in [2.24, 2.45) is 0 Å². The number of esters is 1. The molecule has 0 spiro atoms. The van der Waals surface area contributed by atoms with Crippen molar-refractivity contribution in [3.8, 4) is 23.0 Å². The van der Waals surface area contributed by atoms with Crippen molar-refractivity contribution >= 4 is 5.97 Å². The third-order valence-electron chi connectivity index (χ3n) is 2.85. The van der Waals surface area contributed by atoms with Gasteiger partial charge in [-0.15, -0.1) is 10.2 Å². The summed E-state index contributed by atoms with van der Waals surface area (Å²) in [5, 5.41) is 7.36. The molecule has 6 nitrogen and oxygen atoms in total. The van der Waals surface area contributed by atoms with E-state index in [1.54, 1.807) is 30.3 Å². The van der Waals surface area contributed by atoms with Gasteiger partial charge >= 0.3 is 5.97 Å². The Hall–Kier alpha value is -3.22. The predicted molar refractivity (Wildman–Crippen MR) is 77.3 cm³/mol. The van der Waals surface area contributed by atoms with Crippen LogP contribution in [0.1, 0.15) is 0 Å². The number of rotatable bonds is 5. The van der Waals surface area contributed by atoms with Crippen LogP contribution in [0.15, 0.2) is 59.3 Å². The molecule has 2 aromatic carbocycles. The lowest BCUT2D eigenvalue weighted by atomic mass is 10.2. The zero-order valence-electron chi connectivity index (χ0n) is 11.8. The van der Waals surface area contributed by atoms with Crippen molar-refractivity contribution in [2.75, 3.05) is 6.61 Å². The van der Waals surface area contributed by atoms with Crippen LogP contribution in [0.3, 0.4) is 0 Å². The highest BCUT2D eigenvalue weighted by Gasteiger charge is 2.08. The molecule has 0 aliphatic rings. The van der Waals surface area contributed by atoms with Gasteiger partial charge in [0, 0.05) is 11.6 Å². The molecular formula is C16H11FN2O4. The fraction of sp³-hybridized carbons (Fsp3) is 0.0625. The summed E-state index contributed by atoms with van der Waals surface area (Å²) in [7, 11) is 0. The number of carbonyl (C=O) groups excluding carboxylic acids is 1. The van der Waals surface area contributed by atoms with Crippen LogP contribution in [-0.4, -0.2) is 22.8 Å². The van der Waals surface area contributed by atoms with E-state index in [9.17, 15) is 9.18 Å². The lowest BCUT2D eigenvalue weighted by molar-refractivity contribution is -0.136. The minimum absolute atomic E-state index is 0.258. The molecule has 0 unspecified atom stereocenters. The van der Waals surface area contributed by atoms with E-state index in [4.69, 9.17) is 13.9 Å². The highest BCUT2D eigenvalue weighted by molar-refractivity contribution is 5.74. The van der Waals surface area contributed by atoms with E-state index >= 15 is 0 Å². The number of hydrogen-bond donors (Lipinski definition) is 0. The first-order chi connectivity index (χ1) is 11.2.